The number of benzene rings is 2. The smallest absolute Gasteiger partial charge is 0.244 e. The van der Waals surface area contributed by atoms with E-state index in [0.717, 1.165) is 5.56 Å². The molecule has 1 aliphatic rings. The van der Waals surface area contributed by atoms with Crippen LogP contribution in [-0.2, 0) is 16.1 Å². The van der Waals surface area contributed by atoms with Gasteiger partial charge in [-0.25, -0.2) is 4.68 Å². The van der Waals surface area contributed by atoms with Gasteiger partial charge in [0.05, 0.1) is 23.7 Å². The topological polar surface area (TPSA) is 93.0 Å². The SMILES string of the molecule is O=C1CN(C(=O)CSc2nnnn2Cc2ccccc2)c2ccccc2N1. The van der Waals surface area contributed by atoms with Crippen LogP contribution in [0, 0.1) is 0 Å². The lowest BCUT2D eigenvalue weighted by atomic mass is 10.2. The number of nitrogens with zero attached hydrogens (tertiary/aromatic N) is 5. The molecule has 0 saturated carbocycles. The van der Waals surface area contributed by atoms with Crippen molar-refractivity contribution >= 4 is 35.0 Å². The summed E-state index contributed by atoms with van der Waals surface area (Å²) >= 11 is 1.25. The molecular weight excluding hydrogens is 364 g/mol. The average Bonchev–Trinajstić information content (AvgIpc) is 3.13. The summed E-state index contributed by atoms with van der Waals surface area (Å²) in [7, 11) is 0. The molecular formula is C18H16N6O2S. The summed E-state index contributed by atoms with van der Waals surface area (Å²) in [6.07, 6.45) is 0. The minimum Gasteiger partial charge on any atom is -0.323 e. The van der Waals surface area contributed by atoms with E-state index in [1.54, 1.807) is 10.7 Å². The van der Waals surface area contributed by atoms with Crippen LogP contribution in [0.4, 0.5) is 11.4 Å². The lowest BCUT2D eigenvalue weighted by Gasteiger charge is -2.28. The molecule has 3 aromatic rings. The summed E-state index contributed by atoms with van der Waals surface area (Å²) in [5.74, 6) is -0.242. The van der Waals surface area contributed by atoms with Crippen molar-refractivity contribution in [3.8, 4) is 0 Å². The minimum absolute atomic E-state index is 0.00532. The molecule has 8 nitrogen and oxygen atoms in total. The molecule has 1 aromatic heterocycles. The number of thioether (sulfide) groups is 1. The van der Waals surface area contributed by atoms with E-state index in [1.165, 1.54) is 16.7 Å². The molecule has 0 aliphatic carbocycles. The van der Waals surface area contributed by atoms with Crippen molar-refractivity contribution in [3.05, 3.63) is 60.2 Å². The van der Waals surface area contributed by atoms with Crippen LogP contribution < -0.4 is 10.2 Å². The van der Waals surface area contributed by atoms with Gasteiger partial charge >= 0.3 is 0 Å². The van der Waals surface area contributed by atoms with Crippen molar-refractivity contribution in [1.29, 1.82) is 0 Å². The number of nitrogens with one attached hydrogen (secondary N) is 1. The Kier molecular flexibility index (Phi) is 4.84. The van der Waals surface area contributed by atoms with E-state index in [9.17, 15) is 9.59 Å². The van der Waals surface area contributed by atoms with Gasteiger partial charge in [0.25, 0.3) is 0 Å². The Hall–Kier alpha value is -3.20. The predicted molar refractivity (Wildman–Crippen MR) is 102 cm³/mol. The molecule has 0 atom stereocenters. The first kappa shape index (κ1) is 17.2. The van der Waals surface area contributed by atoms with Crippen LogP contribution in [0.5, 0.6) is 0 Å². The highest BCUT2D eigenvalue weighted by Crippen LogP contribution is 2.29. The quantitative estimate of drug-likeness (QED) is 0.679. The number of tetrazole rings is 1. The molecule has 2 amide bonds. The fraction of sp³-hybridized carbons (Fsp3) is 0.167. The van der Waals surface area contributed by atoms with Crippen molar-refractivity contribution in [1.82, 2.24) is 20.2 Å². The second-order valence-electron chi connectivity index (χ2n) is 5.94. The summed E-state index contributed by atoms with van der Waals surface area (Å²) in [4.78, 5) is 26.1. The Morgan fingerprint density at radius 1 is 1.11 bits per heavy atom. The van der Waals surface area contributed by atoms with Gasteiger partial charge in [-0.3, -0.25) is 9.59 Å². The van der Waals surface area contributed by atoms with Crippen LogP contribution in [-0.4, -0.2) is 44.3 Å². The molecule has 0 fully saturated rings. The second-order valence-corrected chi connectivity index (χ2v) is 6.88. The third-order valence-corrected chi connectivity index (χ3v) is 5.01. The van der Waals surface area contributed by atoms with Gasteiger partial charge in [0, 0.05) is 0 Å². The third kappa shape index (κ3) is 3.82. The highest BCUT2D eigenvalue weighted by atomic mass is 32.2. The number of hydrogen-bond donors (Lipinski definition) is 1. The number of rotatable bonds is 5. The van der Waals surface area contributed by atoms with Crippen molar-refractivity contribution in [2.24, 2.45) is 0 Å². The minimum atomic E-state index is -0.207. The zero-order chi connectivity index (χ0) is 18.6. The van der Waals surface area contributed by atoms with Crippen molar-refractivity contribution in [2.75, 3.05) is 22.5 Å². The van der Waals surface area contributed by atoms with Crippen LogP contribution in [0.3, 0.4) is 0 Å². The average molecular weight is 380 g/mol. The summed E-state index contributed by atoms with van der Waals surface area (Å²) in [6.45, 7) is 0.532. The van der Waals surface area contributed by atoms with Crippen molar-refractivity contribution in [3.63, 3.8) is 0 Å². The second kappa shape index (κ2) is 7.58. The van der Waals surface area contributed by atoms with Crippen LogP contribution in [0.2, 0.25) is 0 Å². The lowest BCUT2D eigenvalue weighted by molar-refractivity contribution is -0.120. The molecule has 0 radical (unpaired) electrons. The maximum absolute atomic E-state index is 12.7. The van der Waals surface area contributed by atoms with E-state index < -0.39 is 0 Å². The fourth-order valence-electron chi connectivity index (χ4n) is 2.82. The van der Waals surface area contributed by atoms with Crippen LogP contribution >= 0.6 is 11.8 Å². The van der Waals surface area contributed by atoms with Gasteiger partial charge in [-0.2, -0.15) is 0 Å². The number of fused-ring (bicyclic) bond motifs is 1. The van der Waals surface area contributed by atoms with E-state index in [4.69, 9.17) is 0 Å². The number of anilines is 2. The molecule has 27 heavy (non-hydrogen) atoms. The van der Waals surface area contributed by atoms with E-state index in [2.05, 4.69) is 20.8 Å². The fourth-order valence-corrected chi connectivity index (χ4v) is 3.57. The molecule has 136 valence electrons. The van der Waals surface area contributed by atoms with E-state index in [0.29, 0.717) is 23.1 Å². The Morgan fingerprint density at radius 2 is 1.89 bits per heavy atom. The third-order valence-electron chi connectivity index (χ3n) is 4.07. The first-order valence-electron chi connectivity index (χ1n) is 8.33. The van der Waals surface area contributed by atoms with Crippen molar-refractivity contribution < 1.29 is 9.59 Å². The van der Waals surface area contributed by atoms with Gasteiger partial charge in [0.2, 0.25) is 17.0 Å². The molecule has 1 aliphatic heterocycles. The number of para-hydroxylation sites is 2. The van der Waals surface area contributed by atoms with E-state index >= 15 is 0 Å². The van der Waals surface area contributed by atoms with Crippen molar-refractivity contribution in [2.45, 2.75) is 11.7 Å². The molecule has 9 heteroatoms. The lowest BCUT2D eigenvalue weighted by Crippen LogP contribution is -2.43. The van der Waals surface area contributed by atoms with Gasteiger partial charge < -0.3 is 10.2 Å². The zero-order valence-corrected chi connectivity index (χ0v) is 15.1. The molecule has 0 unspecified atom stereocenters. The van der Waals surface area contributed by atoms with Crippen LogP contribution in [0.15, 0.2) is 59.8 Å². The monoisotopic (exact) mass is 380 g/mol. The number of carbonyl (C=O) groups is 2. The van der Waals surface area contributed by atoms with Gasteiger partial charge in [-0.15, -0.1) is 5.10 Å². The largest absolute Gasteiger partial charge is 0.323 e. The maximum Gasteiger partial charge on any atom is 0.244 e. The molecule has 0 saturated heterocycles. The molecule has 1 N–H and O–H groups in total. The summed E-state index contributed by atoms with van der Waals surface area (Å²) in [5.41, 5.74) is 2.41. The number of amides is 2. The molecule has 0 spiro atoms. The highest BCUT2D eigenvalue weighted by molar-refractivity contribution is 7.99. The van der Waals surface area contributed by atoms with Crippen LogP contribution in [0.1, 0.15) is 5.56 Å². The van der Waals surface area contributed by atoms with Gasteiger partial charge in [-0.05, 0) is 28.1 Å². The van der Waals surface area contributed by atoms with E-state index in [1.807, 2.05) is 48.5 Å². The molecule has 4 rings (SSSR count). The van der Waals surface area contributed by atoms with Gasteiger partial charge in [0.15, 0.2) is 0 Å². The molecule has 2 heterocycles. The summed E-state index contributed by atoms with van der Waals surface area (Å²) in [5, 5.41) is 15.0. The van der Waals surface area contributed by atoms with Gasteiger partial charge in [0.1, 0.15) is 6.54 Å². The van der Waals surface area contributed by atoms with E-state index in [-0.39, 0.29) is 24.1 Å². The maximum atomic E-state index is 12.7. The predicted octanol–water partition coefficient (Wildman–Crippen LogP) is 1.80. The number of aromatic nitrogens is 4. The first-order valence-corrected chi connectivity index (χ1v) is 9.31. The zero-order valence-electron chi connectivity index (χ0n) is 14.3. The Balaban J connectivity index is 1.45. The molecule has 2 aromatic carbocycles. The number of carbonyl (C=O) groups excluding carboxylic acids is 2. The molecule has 0 bridgehead atoms. The Bertz CT molecular complexity index is 975. The highest BCUT2D eigenvalue weighted by Gasteiger charge is 2.26. The first-order chi connectivity index (χ1) is 13.2. The summed E-state index contributed by atoms with van der Waals surface area (Å²) < 4.78 is 1.66. The standard InChI is InChI=1S/C18H16N6O2S/c25-16-11-23(15-9-5-4-8-14(15)19-16)17(26)12-27-18-20-21-22-24(18)10-13-6-2-1-3-7-13/h1-9H,10-12H2,(H,19,25). The van der Waals surface area contributed by atoms with Crippen LogP contribution in [0.25, 0.3) is 0 Å². The Morgan fingerprint density at radius 3 is 2.74 bits per heavy atom. The summed E-state index contributed by atoms with van der Waals surface area (Å²) in [6, 6.07) is 17.1. The normalized spacial score (nSPS) is 13.2. The Labute approximate surface area is 159 Å². The van der Waals surface area contributed by atoms with Gasteiger partial charge in [-0.1, -0.05) is 54.2 Å². The number of hydrogen-bond acceptors (Lipinski definition) is 6.